The third-order valence-corrected chi connectivity index (χ3v) is 8.37. The van der Waals surface area contributed by atoms with Crippen molar-refractivity contribution in [2.75, 3.05) is 24.7 Å². The number of aromatic nitrogens is 4. The minimum absolute atomic E-state index is 0.0267. The normalized spacial score (nSPS) is 17.3. The molecule has 2 aromatic carbocycles. The highest BCUT2D eigenvalue weighted by Gasteiger charge is 2.33. The summed E-state index contributed by atoms with van der Waals surface area (Å²) < 4.78 is 7.13. The molecular formula is C32H31N7O2. The van der Waals surface area contributed by atoms with E-state index < -0.39 is 0 Å². The van der Waals surface area contributed by atoms with E-state index in [2.05, 4.69) is 46.7 Å². The predicted molar refractivity (Wildman–Crippen MR) is 154 cm³/mol. The van der Waals surface area contributed by atoms with E-state index >= 15 is 0 Å². The van der Waals surface area contributed by atoms with Crippen LogP contribution in [0.4, 0.5) is 5.82 Å². The molecule has 1 saturated heterocycles. The lowest BCUT2D eigenvalue weighted by Gasteiger charge is -2.27. The van der Waals surface area contributed by atoms with Crippen LogP contribution in [-0.4, -0.2) is 45.4 Å². The van der Waals surface area contributed by atoms with E-state index in [9.17, 15) is 10.1 Å². The van der Waals surface area contributed by atoms with Crippen molar-refractivity contribution < 1.29 is 9.53 Å². The molecule has 7 rings (SSSR count). The summed E-state index contributed by atoms with van der Waals surface area (Å²) in [5.74, 6) is 2.25. The summed E-state index contributed by atoms with van der Waals surface area (Å²) in [4.78, 5) is 20.6. The molecule has 206 valence electrons. The van der Waals surface area contributed by atoms with Crippen LogP contribution in [0, 0.1) is 17.2 Å². The largest absolute Gasteiger partial charge is 0.381 e. The van der Waals surface area contributed by atoms with Gasteiger partial charge < -0.3 is 14.6 Å². The zero-order chi connectivity index (χ0) is 28.1. The molecule has 3 aliphatic rings. The minimum atomic E-state index is -0.0267. The highest BCUT2D eigenvalue weighted by molar-refractivity contribution is 6.10. The van der Waals surface area contributed by atoms with Crippen LogP contribution in [0.5, 0.6) is 0 Å². The zero-order valence-corrected chi connectivity index (χ0v) is 23.2. The summed E-state index contributed by atoms with van der Waals surface area (Å²) in [7, 11) is 1.89. The molecule has 0 radical (unpaired) electrons. The second-order valence-electron chi connectivity index (χ2n) is 11.4. The van der Waals surface area contributed by atoms with Crippen LogP contribution in [0.2, 0.25) is 0 Å². The summed E-state index contributed by atoms with van der Waals surface area (Å²) in [5.41, 5.74) is 7.08. The van der Waals surface area contributed by atoms with Gasteiger partial charge in [-0.15, -0.1) is 10.2 Å². The molecule has 1 amide bonds. The first-order valence-corrected chi connectivity index (χ1v) is 14.1. The zero-order valence-electron chi connectivity index (χ0n) is 23.2. The molecule has 9 heteroatoms. The lowest BCUT2D eigenvalue weighted by atomic mass is 9.96. The van der Waals surface area contributed by atoms with Crippen LogP contribution in [0.1, 0.15) is 64.5 Å². The number of carbonyl (C=O) groups excluding carboxylic acids is 1. The Kier molecular flexibility index (Phi) is 6.37. The number of nitrogens with zero attached hydrogens (tertiary/aromatic N) is 6. The second-order valence-corrected chi connectivity index (χ2v) is 11.4. The smallest absolute Gasteiger partial charge is 0.260 e. The van der Waals surface area contributed by atoms with E-state index in [-0.39, 0.29) is 11.9 Å². The SMILES string of the molecule is CC(NCC1COC1)c1ccc2c(c1)C(=O)N(c1cc(-c3ccc(C#N)cc3-c3nncn3C)cc(C3CC3)n1)C2. The van der Waals surface area contributed by atoms with Gasteiger partial charge in [0.05, 0.1) is 31.4 Å². The summed E-state index contributed by atoms with van der Waals surface area (Å²) in [6, 6.07) is 18.3. The third-order valence-electron chi connectivity index (χ3n) is 8.37. The number of nitriles is 1. The minimum Gasteiger partial charge on any atom is -0.381 e. The molecule has 9 nitrogen and oxygen atoms in total. The van der Waals surface area contributed by atoms with Gasteiger partial charge in [-0.1, -0.05) is 18.2 Å². The molecule has 1 N–H and O–H groups in total. The molecule has 1 aliphatic carbocycles. The number of aryl methyl sites for hydroxylation is 1. The summed E-state index contributed by atoms with van der Waals surface area (Å²) in [5, 5.41) is 21.5. The van der Waals surface area contributed by atoms with Crippen molar-refractivity contribution in [2.24, 2.45) is 13.0 Å². The average Bonchev–Trinajstić information content (AvgIpc) is 3.66. The van der Waals surface area contributed by atoms with Gasteiger partial charge >= 0.3 is 0 Å². The highest BCUT2D eigenvalue weighted by atomic mass is 16.5. The molecule has 0 bridgehead atoms. The third kappa shape index (κ3) is 4.79. The molecule has 2 fully saturated rings. The summed E-state index contributed by atoms with van der Waals surface area (Å²) >= 11 is 0. The predicted octanol–water partition coefficient (Wildman–Crippen LogP) is 4.75. The van der Waals surface area contributed by atoms with Gasteiger partial charge in [-0.3, -0.25) is 9.69 Å². The number of ether oxygens (including phenoxy) is 1. The Balaban J connectivity index is 1.23. The molecular weight excluding hydrogens is 514 g/mol. The standard InChI is InChI=1S/C32H31N7O2/c1-19(34-14-21-16-41-17-21)23-6-7-24-15-39(32(40)27(24)10-23)30-12-25(11-29(36-30)22-4-5-22)26-8-3-20(13-33)9-28(26)31-37-35-18-38(31)2/h3,6-12,18-19,21-22,34H,4-5,14-17H2,1-2H3. The Morgan fingerprint density at radius 2 is 1.95 bits per heavy atom. The van der Waals surface area contributed by atoms with E-state index in [0.29, 0.717) is 35.6 Å². The van der Waals surface area contributed by atoms with Gasteiger partial charge in [0.25, 0.3) is 5.91 Å². The van der Waals surface area contributed by atoms with Crippen LogP contribution in [0.3, 0.4) is 0 Å². The van der Waals surface area contributed by atoms with Gasteiger partial charge in [0.1, 0.15) is 12.1 Å². The Hall–Kier alpha value is -4.39. The van der Waals surface area contributed by atoms with Crippen molar-refractivity contribution >= 4 is 11.7 Å². The van der Waals surface area contributed by atoms with Crippen LogP contribution < -0.4 is 10.2 Å². The number of fused-ring (bicyclic) bond motifs is 1. The van der Waals surface area contributed by atoms with E-state index in [1.165, 1.54) is 0 Å². The Labute approximate surface area is 238 Å². The van der Waals surface area contributed by atoms with Crippen molar-refractivity contribution in [2.45, 2.75) is 38.3 Å². The van der Waals surface area contributed by atoms with Crippen molar-refractivity contribution in [3.05, 3.63) is 82.8 Å². The maximum atomic E-state index is 13.8. The average molecular weight is 546 g/mol. The number of carbonyl (C=O) groups is 1. The molecule has 2 aliphatic heterocycles. The van der Waals surface area contributed by atoms with E-state index in [1.54, 1.807) is 11.2 Å². The fraction of sp³-hybridized carbons (Fsp3) is 0.344. The van der Waals surface area contributed by atoms with Crippen molar-refractivity contribution in [1.82, 2.24) is 25.1 Å². The number of hydrogen-bond acceptors (Lipinski definition) is 7. The van der Waals surface area contributed by atoms with Crippen LogP contribution in [0.25, 0.3) is 22.5 Å². The van der Waals surface area contributed by atoms with Crippen LogP contribution in [-0.2, 0) is 18.3 Å². The number of benzene rings is 2. The lowest BCUT2D eigenvalue weighted by molar-refractivity contribution is -0.0315. The highest BCUT2D eigenvalue weighted by Crippen LogP contribution is 2.43. The Bertz CT molecular complexity index is 1700. The van der Waals surface area contributed by atoms with E-state index in [1.807, 2.05) is 41.9 Å². The quantitative estimate of drug-likeness (QED) is 0.340. The first-order valence-electron chi connectivity index (χ1n) is 14.1. The molecule has 1 unspecified atom stereocenters. The second kappa shape index (κ2) is 10.2. The van der Waals surface area contributed by atoms with Gasteiger partial charge in [-0.05, 0) is 72.4 Å². The molecule has 41 heavy (non-hydrogen) atoms. The number of hydrogen-bond donors (Lipinski definition) is 1. The molecule has 4 aromatic rings. The number of pyridine rings is 1. The van der Waals surface area contributed by atoms with Gasteiger partial charge in [0.2, 0.25) is 0 Å². The maximum absolute atomic E-state index is 13.8. The van der Waals surface area contributed by atoms with Gasteiger partial charge in [0.15, 0.2) is 5.82 Å². The van der Waals surface area contributed by atoms with E-state index in [4.69, 9.17) is 9.72 Å². The van der Waals surface area contributed by atoms with Gasteiger partial charge in [-0.2, -0.15) is 5.26 Å². The van der Waals surface area contributed by atoms with Gasteiger partial charge in [-0.25, -0.2) is 4.98 Å². The maximum Gasteiger partial charge on any atom is 0.260 e. The fourth-order valence-electron chi connectivity index (χ4n) is 5.63. The number of rotatable bonds is 8. The molecule has 1 atom stereocenters. The number of amides is 1. The molecule has 0 spiro atoms. The van der Waals surface area contributed by atoms with Crippen molar-refractivity contribution in [1.29, 1.82) is 5.26 Å². The van der Waals surface area contributed by atoms with Crippen LogP contribution >= 0.6 is 0 Å². The first-order chi connectivity index (χ1) is 20.0. The lowest BCUT2D eigenvalue weighted by Crippen LogP contribution is -2.37. The Morgan fingerprint density at radius 1 is 1.10 bits per heavy atom. The number of nitrogens with one attached hydrogen (secondary N) is 1. The van der Waals surface area contributed by atoms with Crippen LogP contribution in [0.15, 0.2) is 54.9 Å². The summed E-state index contributed by atoms with van der Waals surface area (Å²) in [6.07, 6.45) is 3.84. The molecule has 4 heterocycles. The Morgan fingerprint density at radius 3 is 2.66 bits per heavy atom. The van der Waals surface area contributed by atoms with Crippen molar-refractivity contribution in [3.8, 4) is 28.6 Å². The summed E-state index contributed by atoms with van der Waals surface area (Å²) in [6.45, 7) is 5.16. The number of anilines is 1. The van der Waals surface area contributed by atoms with Crippen molar-refractivity contribution in [3.63, 3.8) is 0 Å². The molecule has 1 saturated carbocycles. The molecule has 2 aromatic heterocycles. The van der Waals surface area contributed by atoms with E-state index in [0.717, 1.165) is 71.7 Å². The van der Waals surface area contributed by atoms with Gasteiger partial charge in [0, 0.05) is 48.3 Å². The monoisotopic (exact) mass is 545 g/mol. The fourth-order valence-corrected chi connectivity index (χ4v) is 5.63. The first kappa shape index (κ1) is 25.6. The topological polar surface area (TPSA) is 109 Å².